The highest BCUT2D eigenvalue weighted by molar-refractivity contribution is 7.58. The van der Waals surface area contributed by atoms with E-state index in [-0.39, 0.29) is 12.2 Å². The van der Waals surface area contributed by atoms with Crippen LogP contribution in [0.2, 0.25) is 0 Å². The minimum Gasteiger partial charge on any atom is -0.462 e. The van der Waals surface area contributed by atoms with E-state index in [0.717, 1.165) is 12.1 Å². The molecule has 328 valence electrons. The van der Waals surface area contributed by atoms with Crippen LogP contribution in [0.3, 0.4) is 0 Å². The fraction of sp³-hybridized carbons (Fsp3) is 0.706. The van der Waals surface area contributed by atoms with Crippen LogP contribution in [0, 0.1) is 0 Å². The van der Waals surface area contributed by atoms with Crippen molar-refractivity contribution in [3.8, 4) is 17.2 Å². The van der Waals surface area contributed by atoms with Crippen molar-refractivity contribution < 1.29 is 79.6 Å². The van der Waals surface area contributed by atoms with E-state index in [4.69, 9.17) is 46.7 Å². The summed E-state index contributed by atoms with van der Waals surface area (Å²) < 4.78 is 98.1. The van der Waals surface area contributed by atoms with E-state index in [1.807, 2.05) is 0 Å². The Kier molecular flexibility index (Phi) is 22.0. The molecule has 3 unspecified atom stereocenters. The number of benzene rings is 1. The van der Waals surface area contributed by atoms with Crippen molar-refractivity contribution >= 4 is 46.4 Å². The maximum atomic E-state index is 14.6. The number of hydrogen-bond donors (Lipinski definition) is 3. The van der Waals surface area contributed by atoms with Gasteiger partial charge in [-0.25, -0.2) is 20.1 Å². The molecule has 20 nitrogen and oxygen atoms in total. The zero-order valence-electron chi connectivity index (χ0n) is 34.9. The van der Waals surface area contributed by atoms with Gasteiger partial charge in [0.15, 0.2) is 11.5 Å². The summed E-state index contributed by atoms with van der Waals surface area (Å²) >= 11 is 0. The fourth-order valence-corrected chi connectivity index (χ4v) is 9.52. The number of ether oxygens (including phenoxy) is 7. The van der Waals surface area contributed by atoms with Crippen molar-refractivity contribution in [1.82, 2.24) is 15.3 Å². The number of hydrogen-bond acceptors (Lipinski definition) is 17. The van der Waals surface area contributed by atoms with Crippen LogP contribution < -0.4 is 28.8 Å². The van der Waals surface area contributed by atoms with Gasteiger partial charge in [-0.05, 0) is 80.9 Å². The lowest BCUT2D eigenvalue weighted by Gasteiger charge is -2.29. The van der Waals surface area contributed by atoms with Gasteiger partial charge >= 0.3 is 46.4 Å². The lowest BCUT2D eigenvalue weighted by molar-refractivity contribution is -0.149. The van der Waals surface area contributed by atoms with Gasteiger partial charge < -0.3 is 46.7 Å². The van der Waals surface area contributed by atoms with Gasteiger partial charge in [-0.3, -0.25) is 28.1 Å². The summed E-state index contributed by atoms with van der Waals surface area (Å²) in [4.78, 5) is 51.7. The first-order valence-electron chi connectivity index (χ1n) is 18.1. The van der Waals surface area contributed by atoms with E-state index in [1.165, 1.54) is 42.1 Å². The van der Waals surface area contributed by atoms with Crippen LogP contribution in [0.4, 0.5) is 0 Å². The molecule has 0 saturated heterocycles. The van der Waals surface area contributed by atoms with E-state index < -0.39 is 119 Å². The monoisotopic (exact) mass is 875 g/mol. The highest BCUT2D eigenvalue weighted by atomic mass is 31.2. The van der Waals surface area contributed by atoms with Crippen LogP contribution in [0.15, 0.2) is 12.1 Å². The topological polar surface area (TPSA) is 248 Å². The molecule has 1 aromatic rings. The molecule has 0 aliphatic carbocycles. The van der Waals surface area contributed by atoms with Crippen molar-refractivity contribution in [3.63, 3.8) is 0 Å². The van der Waals surface area contributed by atoms with Gasteiger partial charge in [0.05, 0.1) is 30.5 Å². The van der Waals surface area contributed by atoms with Crippen LogP contribution in [0.1, 0.15) is 86.0 Å². The third-order valence-electron chi connectivity index (χ3n) is 6.61. The molecule has 1 aromatic carbocycles. The number of carbonyl (C=O) groups is 4. The second kappa shape index (κ2) is 24.1. The summed E-state index contributed by atoms with van der Waals surface area (Å²) in [7, 11) is -9.70. The molecule has 0 amide bonds. The molecule has 0 fully saturated rings. The van der Waals surface area contributed by atoms with Gasteiger partial charge in [-0.2, -0.15) is 0 Å². The Morgan fingerprint density at radius 2 is 0.877 bits per heavy atom. The quantitative estimate of drug-likeness (QED) is 0.0555. The Balaban J connectivity index is 4.24. The first kappa shape index (κ1) is 52.0. The van der Waals surface area contributed by atoms with Gasteiger partial charge in [0.25, 0.3) is 0 Å². The zero-order valence-corrected chi connectivity index (χ0v) is 37.6. The predicted octanol–water partition coefficient (Wildman–Crippen LogP) is 5.57. The fourth-order valence-electron chi connectivity index (χ4n) is 4.49. The van der Waals surface area contributed by atoms with Crippen molar-refractivity contribution in [2.24, 2.45) is 0 Å². The minimum absolute atomic E-state index is 0.0286. The van der Waals surface area contributed by atoms with Crippen LogP contribution in [0.25, 0.3) is 0 Å². The molecule has 1 rings (SSSR count). The second-order valence-electron chi connectivity index (χ2n) is 13.5. The summed E-state index contributed by atoms with van der Waals surface area (Å²) in [5, 5.41) is 7.70. The maximum absolute atomic E-state index is 14.6. The molecule has 0 heterocycles. The third-order valence-corrected chi connectivity index (χ3v) is 12.2. The van der Waals surface area contributed by atoms with Gasteiger partial charge in [-0.1, -0.05) is 6.92 Å². The molecular formula is C34H60N3O17P3. The Hall–Kier alpha value is -3.05. The van der Waals surface area contributed by atoms with Crippen molar-refractivity contribution in [2.75, 3.05) is 47.0 Å². The molecule has 0 aliphatic heterocycles. The SMILES string of the molecule is CCCOC(=O)c1cc(OP(=O)(COC)N[C@@H](C)C(=O)OC(C)C)c(OP(=O)(COC)N[C@@H](C)C(=O)OC(C)C)c(OP(=O)(COC)N[C@@H](C)C(=O)OC(C)C)c1. The Morgan fingerprint density at radius 1 is 0.561 bits per heavy atom. The second-order valence-corrected chi connectivity index (χ2v) is 19.6. The normalized spacial score (nSPS) is 16.4. The zero-order chi connectivity index (χ0) is 43.7. The number of methoxy groups -OCH3 is 3. The Morgan fingerprint density at radius 3 is 1.16 bits per heavy atom. The summed E-state index contributed by atoms with van der Waals surface area (Å²) in [5.41, 5.74) is -0.323. The first-order valence-corrected chi connectivity index (χ1v) is 23.5. The van der Waals surface area contributed by atoms with Gasteiger partial charge in [0.2, 0.25) is 5.75 Å². The van der Waals surface area contributed by atoms with Crippen LogP contribution >= 0.6 is 22.6 Å². The van der Waals surface area contributed by atoms with E-state index in [0.29, 0.717) is 6.42 Å². The number of nitrogens with one attached hydrogen (secondary N) is 3. The molecular weight excluding hydrogens is 815 g/mol. The standard InChI is InChI=1S/C34H60N3O17P3/c1-14-15-48-34(41)27-16-28(52-55(42,18-45-11)35-24(8)31(38)49-21(2)3)30(54-57(44,20-47-13)37-26(10)33(40)51-23(6)7)29(17-27)53-56(43,19-46-12)36-25(9)32(39)50-22(4)5/h16-17,21-26H,14-15,18-20H2,1-13H3,(H,35,42)(H,36,43)(H,37,44)/t24-,25-,26-,55?,56?,57?/m0/s1. The van der Waals surface area contributed by atoms with Gasteiger partial charge in [0.1, 0.15) is 37.2 Å². The Labute approximate surface area is 334 Å². The number of carbonyl (C=O) groups excluding carboxylic acids is 4. The van der Waals surface area contributed by atoms with Crippen LogP contribution in [-0.2, 0) is 61.2 Å². The van der Waals surface area contributed by atoms with Crippen molar-refractivity contribution in [1.29, 1.82) is 0 Å². The highest BCUT2D eigenvalue weighted by Gasteiger charge is 2.39. The largest absolute Gasteiger partial charge is 0.462 e. The van der Waals surface area contributed by atoms with Crippen LogP contribution in [-0.4, -0.2) is 107 Å². The predicted molar refractivity (Wildman–Crippen MR) is 209 cm³/mol. The summed E-state index contributed by atoms with van der Waals surface area (Å²) in [6.45, 7) is 15.5. The summed E-state index contributed by atoms with van der Waals surface area (Å²) in [6.07, 6.45) is -3.22. The third kappa shape index (κ3) is 18.2. The molecule has 0 radical (unpaired) electrons. The lowest BCUT2D eigenvalue weighted by Crippen LogP contribution is -2.37. The van der Waals surface area contributed by atoms with Crippen molar-refractivity contribution in [2.45, 2.75) is 112 Å². The van der Waals surface area contributed by atoms with E-state index in [9.17, 15) is 32.9 Å². The molecule has 0 spiro atoms. The van der Waals surface area contributed by atoms with E-state index in [2.05, 4.69) is 15.3 Å². The van der Waals surface area contributed by atoms with Gasteiger partial charge in [-0.15, -0.1) is 0 Å². The molecule has 0 aromatic heterocycles. The Bertz CT molecular complexity index is 1560. The molecule has 57 heavy (non-hydrogen) atoms. The molecule has 0 bridgehead atoms. The molecule has 3 N–H and O–H groups in total. The maximum Gasteiger partial charge on any atom is 0.342 e. The minimum atomic E-state index is -4.47. The molecule has 0 aliphatic rings. The molecule has 23 heteroatoms. The number of rotatable bonds is 27. The molecule has 6 atom stereocenters. The first-order chi connectivity index (χ1) is 26.5. The highest BCUT2D eigenvalue weighted by Crippen LogP contribution is 2.57. The average Bonchev–Trinajstić information content (AvgIpc) is 3.07. The lowest BCUT2D eigenvalue weighted by atomic mass is 10.2. The van der Waals surface area contributed by atoms with Gasteiger partial charge in [0, 0.05) is 21.3 Å². The van der Waals surface area contributed by atoms with Crippen molar-refractivity contribution in [3.05, 3.63) is 17.7 Å². The van der Waals surface area contributed by atoms with Crippen LogP contribution in [0.5, 0.6) is 17.2 Å². The van der Waals surface area contributed by atoms with E-state index in [1.54, 1.807) is 48.5 Å². The smallest absolute Gasteiger partial charge is 0.342 e. The summed E-state index contributed by atoms with van der Waals surface area (Å²) in [6, 6.07) is -1.73. The summed E-state index contributed by atoms with van der Waals surface area (Å²) in [5.74, 6) is -5.29. The van der Waals surface area contributed by atoms with E-state index >= 15 is 0 Å². The number of esters is 4. The molecule has 0 saturated carbocycles. The average molecular weight is 876 g/mol.